The summed E-state index contributed by atoms with van der Waals surface area (Å²) in [6.07, 6.45) is 8.02. The number of nitrogen functional groups attached to an aromatic ring is 1. The number of nitrogens with two attached hydrogens (primary N) is 1. The molecule has 0 bridgehead atoms. The highest BCUT2D eigenvalue weighted by Gasteiger charge is 2.21. The van der Waals surface area contributed by atoms with Crippen molar-refractivity contribution in [3.63, 3.8) is 0 Å². The molecular formula is C17H28N2. The van der Waals surface area contributed by atoms with E-state index in [1.54, 1.807) is 0 Å². The molecule has 0 aliphatic heterocycles. The van der Waals surface area contributed by atoms with Gasteiger partial charge in [-0.3, -0.25) is 0 Å². The first-order valence-electron chi connectivity index (χ1n) is 7.70. The van der Waals surface area contributed by atoms with Crippen LogP contribution in [-0.4, -0.2) is 24.5 Å². The lowest BCUT2D eigenvalue weighted by molar-refractivity contribution is 0.163. The van der Waals surface area contributed by atoms with E-state index < -0.39 is 0 Å². The van der Waals surface area contributed by atoms with Crippen LogP contribution in [0.1, 0.15) is 44.6 Å². The second kappa shape index (κ2) is 6.95. The van der Waals surface area contributed by atoms with Gasteiger partial charge in [0.15, 0.2) is 0 Å². The highest BCUT2D eigenvalue weighted by Crippen LogP contribution is 2.26. The van der Waals surface area contributed by atoms with E-state index in [1.807, 2.05) is 12.1 Å². The van der Waals surface area contributed by atoms with Gasteiger partial charge in [-0.05, 0) is 62.9 Å². The van der Waals surface area contributed by atoms with Gasteiger partial charge in [-0.2, -0.15) is 0 Å². The molecule has 0 aromatic heterocycles. The fourth-order valence-electron chi connectivity index (χ4n) is 3.20. The first-order valence-corrected chi connectivity index (χ1v) is 7.70. The van der Waals surface area contributed by atoms with Crippen molar-refractivity contribution in [2.75, 3.05) is 19.3 Å². The summed E-state index contributed by atoms with van der Waals surface area (Å²) in [5.74, 6) is 0.915. The Morgan fingerprint density at radius 3 is 2.63 bits per heavy atom. The van der Waals surface area contributed by atoms with E-state index in [-0.39, 0.29) is 0 Å². The van der Waals surface area contributed by atoms with E-state index in [0.29, 0.717) is 0 Å². The first kappa shape index (κ1) is 14.4. The summed E-state index contributed by atoms with van der Waals surface area (Å²) in [7, 11) is 2.30. The number of nitrogens with zero attached hydrogens (tertiary/aromatic N) is 1. The third kappa shape index (κ3) is 4.54. The number of aryl methyl sites for hydroxylation is 1. The van der Waals surface area contributed by atoms with Gasteiger partial charge in [0, 0.05) is 11.7 Å². The lowest BCUT2D eigenvalue weighted by atomic mass is 9.86. The molecule has 2 unspecified atom stereocenters. The quantitative estimate of drug-likeness (QED) is 0.818. The zero-order valence-electron chi connectivity index (χ0n) is 12.4. The lowest BCUT2D eigenvalue weighted by Gasteiger charge is -2.34. The third-order valence-corrected chi connectivity index (χ3v) is 4.49. The van der Waals surface area contributed by atoms with Crippen LogP contribution in [0.4, 0.5) is 5.69 Å². The van der Waals surface area contributed by atoms with E-state index in [4.69, 9.17) is 5.73 Å². The number of hydrogen-bond donors (Lipinski definition) is 1. The van der Waals surface area contributed by atoms with Gasteiger partial charge in [-0.15, -0.1) is 0 Å². The average molecular weight is 260 g/mol. The van der Waals surface area contributed by atoms with Crippen LogP contribution in [0.3, 0.4) is 0 Å². The number of hydrogen-bond acceptors (Lipinski definition) is 2. The van der Waals surface area contributed by atoms with E-state index >= 15 is 0 Å². The molecule has 1 aliphatic carbocycles. The predicted octanol–water partition coefficient (Wildman–Crippen LogP) is 3.71. The fourth-order valence-corrected chi connectivity index (χ4v) is 3.20. The molecule has 0 amide bonds. The molecule has 2 nitrogen and oxygen atoms in total. The van der Waals surface area contributed by atoms with Crippen LogP contribution in [0.15, 0.2) is 24.3 Å². The van der Waals surface area contributed by atoms with Crippen molar-refractivity contribution in [2.45, 2.75) is 51.5 Å². The summed E-state index contributed by atoms with van der Waals surface area (Å²) in [4.78, 5) is 2.58. The largest absolute Gasteiger partial charge is 0.399 e. The molecule has 2 heteroatoms. The molecule has 106 valence electrons. The van der Waals surface area contributed by atoms with Crippen LogP contribution < -0.4 is 5.73 Å². The van der Waals surface area contributed by atoms with Crippen LogP contribution in [0.2, 0.25) is 0 Å². The molecule has 0 radical (unpaired) electrons. The smallest absolute Gasteiger partial charge is 0.0314 e. The number of benzene rings is 1. The molecule has 0 spiro atoms. The monoisotopic (exact) mass is 260 g/mol. The molecule has 2 rings (SSSR count). The molecule has 19 heavy (non-hydrogen) atoms. The molecule has 2 N–H and O–H groups in total. The second-order valence-corrected chi connectivity index (χ2v) is 6.25. The predicted molar refractivity (Wildman–Crippen MR) is 83.2 cm³/mol. The van der Waals surface area contributed by atoms with Crippen molar-refractivity contribution in [1.29, 1.82) is 0 Å². The summed E-state index contributed by atoms with van der Waals surface area (Å²) in [5.41, 5.74) is 7.97. The van der Waals surface area contributed by atoms with Crippen LogP contribution in [0.25, 0.3) is 0 Å². The summed E-state index contributed by atoms with van der Waals surface area (Å²) in [6, 6.07) is 9.12. The zero-order valence-corrected chi connectivity index (χ0v) is 12.4. The van der Waals surface area contributed by atoms with Crippen molar-refractivity contribution < 1.29 is 0 Å². The highest BCUT2D eigenvalue weighted by molar-refractivity contribution is 5.39. The first-order chi connectivity index (χ1) is 9.15. The Hall–Kier alpha value is -1.02. The average Bonchev–Trinajstić information content (AvgIpc) is 2.41. The van der Waals surface area contributed by atoms with Crippen molar-refractivity contribution in [1.82, 2.24) is 4.90 Å². The highest BCUT2D eigenvalue weighted by atomic mass is 15.1. The fraction of sp³-hybridized carbons (Fsp3) is 0.647. The van der Waals surface area contributed by atoms with E-state index in [9.17, 15) is 0 Å². The van der Waals surface area contributed by atoms with Gasteiger partial charge in [0.2, 0.25) is 0 Å². The van der Waals surface area contributed by atoms with Crippen molar-refractivity contribution in [3.8, 4) is 0 Å². The van der Waals surface area contributed by atoms with E-state index in [2.05, 4.69) is 31.0 Å². The minimum atomic E-state index is 0.815. The Morgan fingerprint density at radius 1 is 1.21 bits per heavy atom. The molecule has 2 atom stereocenters. The van der Waals surface area contributed by atoms with Crippen LogP contribution in [-0.2, 0) is 6.42 Å². The van der Waals surface area contributed by atoms with E-state index in [0.717, 1.165) is 24.1 Å². The normalized spacial score (nSPS) is 23.7. The summed E-state index contributed by atoms with van der Waals surface area (Å²) < 4.78 is 0. The van der Waals surface area contributed by atoms with Gasteiger partial charge >= 0.3 is 0 Å². The Labute approximate surface area is 118 Å². The van der Waals surface area contributed by atoms with Gasteiger partial charge < -0.3 is 10.6 Å². The van der Waals surface area contributed by atoms with Gasteiger partial charge in [0.25, 0.3) is 0 Å². The maximum Gasteiger partial charge on any atom is 0.0314 e. The van der Waals surface area contributed by atoms with Crippen LogP contribution >= 0.6 is 0 Å². The summed E-state index contributed by atoms with van der Waals surface area (Å²) in [6.45, 7) is 3.61. The SMILES string of the molecule is CC1CCCC(N(C)CCCc2ccc(N)cc2)C1. The third-order valence-electron chi connectivity index (χ3n) is 4.49. The van der Waals surface area contributed by atoms with Gasteiger partial charge in [0.1, 0.15) is 0 Å². The van der Waals surface area contributed by atoms with E-state index in [1.165, 1.54) is 44.2 Å². The Bertz CT molecular complexity index is 371. The Morgan fingerprint density at radius 2 is 1.95 bits per heavy atom. The van der Waals surface area contributed by atoms with Crippen molar-refractivity contribution in [3.05, 3.63) is 29.8 Å². The molecule has 1 fully saturated rings. The van der Waals surface area contributed by atoms with Gasteiger partial charge in [-0.25, -0.2) is 0 Å². The number of rotatable bonds is 5. The Balaban J connectivity index is 1.71. The minimum absolute atomic E-state index is 0.815. The summed E-state index contributed by atoms with van der Waals surface area (Å²) in [5, 5.41) is 0. The molecule has 1 aromatic carbocycles. The molecule has 1 aromatic rings. The zero-order chi connectivity index (χ0) is 13.7. The molecule has 1 aliphatic rings. The van der Waals surface area contributed by atoms with Crippen molar-refractivity contribution in [2.24, 2.45) is 5.92 Å². The van der Waals surface area contributed by atoms with Crippen LogP contribution in [0.5, 0.6) is 0 Å². The van der Waals surface area contributed by atoms with Crippen molar-refractivity contribution >= 4 is 5.69 Å². The maximum atomic E-state index is 5.71. The molecule has 1 saturated carbocycles. The van der Waals surface area contributed by atoms with Gasteiger partial charge in [0.05, 0.1) is 0 Å². The Kier molecular flexibility index (Phi) is 5.26. The molecule has 0 heterocycles. The second-order valence-electron chi connectivity index (χ2n) is 6.25. The molecule has 0 saturated heterocycles. The summed E-state index contributed by atoms with van der Waals surface area (Å²) >= 11 is 0. The van der Waals surface area contributed by atoms with Crippen LogP contribution in [0, 0.1) is 5.92 Å². The molecular weight excluding hydrogens is 232 g/mol. The standard InChI is InChI=1S/C17H28N2/c1-14-5-3-7-17(13-14)19(2)12-4-6-15-8-10-16(18)11-9-15/h8-11,14,17H,3-7,12-13,18H2,1-2H3. The topological polar surface area (TPSA) is 29.3 Å². The minimum Gasteiger partial charge on any atom is -0.399 e. The maximum absolute atomic E-state index is 5.71. The van der Waals surface area contributed by atoms with Gasteiger partial charge in [-0.1, -0.05) is 31.9 Å². The number of anilines is 1. The lowest BCUT2D eigenvalue weighted by Crippen LogP contribution is -2.36.